The smallest absolute Gasteiger partial charge is 0.143 e. The molecule has 0 aliphatic carbocycles. The summed E-state index contributed by atoms with van der Waals surface area (Å²) in [6, 6.07) is 40.7. The maximum atomic E-state index is 6.55. The number of aryl methyl sites for hydroxylation is 1. The lowest BCUT2D eigenvalue weighted by molar-refractivity contribution is 0.667. The molecule has 152 valence electrons. The Morgan fingerprint density at radius 3 is 1.47 bits per heavy atom. The molecule has 0 N–H and O–H groups in total. The van der Waals surface area contributed by atoms with E-state index in [0.29, 0.717) is 0 Å². The van der Waals surface area contributed by atoms with Crippen LogP contribution < -0.4 is 0 Å². The van der Waals surface area contributed by atoms with Gasteiger partial charge in [-0.15, -0.1) is 0 Å². The van der Waals surface area contributed by atoms with Crippen LogP contribution in [-0.4, -0.2) is 0 Å². The van der Waals surface area contributed by atoms with Gasteiger partial charge in [0.05, 0.1) is 0 Å². The van der Waals surface area contributed by atoms with Gasteiger partial charge in [0.25, 0.3) is 0 Å². The van der Waals surface area contributed by atoms with Crippen LogP contribution in [0.25, 0.3) is 55.3 Å². The summed E-state index contributed by atoms with van der Waals surface area (Å²) in [4.78, 5) is 0. The van der Waals surface area contributed by atoms with Crippen LogP contribution in [0.2, 0.25) is 0 Å². The third kappa shape index (κ3) is 3.11. The molecule has 0 aliphatic rings. The summed E-state index contributed by atoms with van der Waals surface area (Å²) < 4.78 is 6.55. The molecule has 0 bridgehead atoms. The predicted octanol–water partition coefficient (Wildman–Crippen LogP) is 8.90. The molecular formula is C31H22O. The summed E-state index contributed by atoms with van der Waals surface area (Å²) in [5.41, 5.74) is 10.2. The molecule has 0 fully saturated rings. The second-order valence-electron chi connectivity index (χ2n) is 8.27. The first-order valence-corrected chi connectivity index (χ1v) is 10.9. The molecule has 0 spiro atoms. The molecule has 0 aliphatic heterocycles. The Bertz CT molecular complexity index is 1540. The quantitative estimate of drug-likeness (QED) is 0.284. The van der Waals surface area contributed by atoms with E-state index in [2.05, 4.69) is 122 Å². The minimum Gasteiger partial charge on any atom is -0.455 e. The monoisotopic (exact) mass is 410 g/mol. The molecule has 0 unspecified atom stereocenters. The Hall–Kier alpha value is -4.10. The minimum atomic E-state index is 0.944. The Kier molecular flexibility index (Phi) is 4.40. The highest BCUT2D eigenvalue weighted by Crippen LogP contribution is 2.41. The van der Waals surface area contributed by atoms with Gasteiger partial charge in [-0.1, -0.05) is 91.0 Å². The molecular weight excluding hydrogens is 388 g/mol. The molecule has 5 aromatic carbocycles. The van der Waals surface area contributed by atoms with Crippen LogP contribution in [0, 0.1) is 6.92 Å². The first-order chi connectivity index (χ1) is 15.8. The van der Waals surface area contributed by atoms with Gasteiger partial charge >= 0.3 is 0 Å². The highest BCUT2D eigenvalue weighted by molar-refractivity contribution is 6.13. The molecule has 0 atom stereocenters. The van der Waals surface area contributed by atoms with E-state index in [9.17, 15) is 0 Å². The number of rotatable bonds is 3. The Balaban J connectivity index is 1.70. The lowest BCUT2D eigenvalue weighted by Crippen LogP contribution is -1.83. The number of benzene rings is 5. The van der Waals surface area contributed by atoms with E-state index in [1.54, 1.807) is 0 Å². The molecule has 6 rings (SSSR count). The van der Waals surface area contributed by atoms with E-state index in [4.69, 9.17) is 4.42 Å². The molecule has 0 amide bonds. The van der Waals surface area contributed by atoms with Crippen molar-refractivity contribution in [1.29, 1.82) is 0 Å². The number of hydrogen-bond acceptors (Lipinski definition) is 1. The first-order valence-electron chi connectivity index (χ1n) is 10.9. The van der Waals surface area contributed by atoms with Crippen molar-refractivity contribution >= 4 is 21.9 Å². The highest BCUT2D eigenvalue weighted by atomic mass is 16.3. The van der Waals surface area contributed by atoms with E-state index in [1.165, 1.54) is 22.3 Å². The van der Waals surface area contributed by atoms with Crippen molar-refractivity contribution in [2.24, 2.45) is 0 Å². The van der Waals surface area contributed by atoms with Gasteiger partial charge in [0, 0.05) is 16.3 Å². The summed E-state index contributed by atoms with van der Waals surface area (Å²) in [6.45, 7) is 2.14. The molecule has 1 nitrogen and oxygen atoms in total. The van der Waals surface area contributed by atoms with Gasteiger partial charge in [0.15, 0.2) is 0 Å². The highest BCUT2D eigenvalue weighted by Gasteiger charge is 2.17. The Morgan fingerprint density at radius 2 is 0.906 bits per heavy atom. The van der Waals surface area contributed by atoms with Gasteiger partial charge in [-0.25, -0.2) is 0 Å². The van der Waals surface area contributed by atoms with Crippen LogP contribution in [0.3, 0.4) is 0 Å². The number of fused-ring (bicyclic) bond motifs is 3. The second kappa shape index (κ2) is 7.55. The zero-order valence-electron chi connectivity index (χ0n) is 17.9. The largest absolute Gasteiger partial charge is 0.455 e. The maximum Gasteiger partial charge on any atom is 0.143 e. The van der Waals surface area contributed by atoms with Gasteiger partial charge < -0.3 is 4.42 Å². The van der Waals surface area contributed by atoms with Crippen molar-refractivity contribution in [2.45, 2.75) is 6.92 Å². The fourth-order valence-electron chi connectivity index (χ4n) is 4.58. The normalized spacial score (nSPS) is 11.3. The van der Waals surface area contributed by atoms with Gasteiger partial charge in [-0.2, -0.15) is 0 Å². The minimum absolute atomic E-state index is 0.944. The summed E-state index contributed by atoms with van der Waals surface area (Å²) in [7, 11) is 0. The summed E-state index contributed by atoms with van der Waals surface area (Å²) >= 11 is 0. The lowest BCUT2D eigenvalue weighted by Gasteiger charge is -2.08. The molecule has 1 heteroatoms. The van der Waals surface area contributed by atoms with Crippen LogP contribution in [0.5, 0.6) is 0 Å². The maximum absolute atomic E-state index is 6.55. The summed E-state index contributed by atoms with van der Waals surface area (Å²) in [5, 5.41) is 2.31. The first kappa shape index (κ1) is 18.7. The van der Waals surface area contributed by atoms with E-state index in [1.807, 2.05) is 0 Å². The molecule has 6 aromatic rings. The number of furan rings is 1. The average Bonchev–Trinajstić information content (AvgIpc) is 3.24. The van der Waals surface area contributed by atoms with Crippen molar-refractivity contribution in [2.75, 3.05) is 0 Å². The van der Waals surface area contributed by atoms with Crippen molar-refractivity contribution in [1.82, 2.24) is 0 Å². The van der Waals surface area contributed by atoms with Crippen molar-refractivity contribution in [3.8, 4) is 33.4 Å². The zero-order chi connectivity index (χ0) is 21.5. The SMILES string of the molecule is Cc1cc(-c2ccccc2)cc2c1oc1c(-c3ccccc3)cc(-c3ccccc3)cc12. The zero-order valence-corrected chi connectivity index (χ0v) is 17.9. The van der Waals surface area contributed by atoms with Gasteiger partial charge in [-0.05, 0) is 64.6 Å². The van der Waals surface area contributed by atoms with Gasteiger partial charge in [0.2, 0.25) is 0 Å². The van der Waals surface area contributed by atoms with Crippen molar-refractivity contribution in [3.63, 3.8) is 0 Å². The Labute approximate surface area is 187 Å². The van der Waals surface area contributed by atoms with E-state index in [-0.39, 0.29) is 0 Å². The average molecular weight is 411 g/mol. The molecule has 1 aromatic heterocycles. The molecule has 32 heavy (non-hydrogen) atoms. The fraction of sp³-hybridized carbons (Fsp3) is 0.0323. The van der Waals surface area contributed by atoms with Crippen LogP contribution in [0.1, 0.15) is 5.56 Å². The molecule has 0 saturated heterocycles. The van der Waals surface area contributed by atoms with Gasteiger partial charge in [0.1, 0.15) is 11.2 Å². The van der Waals surface area contributed by atoms with Crippen LogP contribution in [0.15, 0.2) is 120 Å². The lowest BCUT2D eigenvalue weighted by atomic mass is 9.94. The van der Waals surface area contributed by atoms with Crippen molar-refractivity contribution < 1.29 is 4.42 Å². The molecule has 1 heterocycles. The van der Waals surface area contributed by atoms with E-state index < -0.39 is 0 Å². The van der Waals surface area contributed by atoms with Crippen LogP contribution >= 0.6 is 0 Å². The molecule has 0 saturated carbocycles. The second-order valence-corrected chi connectivity index (χ2v) is 8.27. The van der Waals surface area contributed by atoms with Crippen molar-refractivity contribution in [3.05, 3.63) is 121 Å². The van der Waals surface area contributed by atoms with Gasteiger partial charge in [-0.3, -0.25) is 0 Å². The summed E-state index contributed by atoms with van der Waals surface area (Å²) in [5.74, 6) is 0. The fourth-order valence-corrected chi connectivity index (χ4v) is 4.58. The van der Waals surface area contributed by atoms with E-state index in [0.717, 1.165) is 38.6 Å². The predicted molar refractivity (Wildman–Crippen MR) is 135 cm³/mol. The molecule has 0 radical (unpaired) electrons. The Morgan fingerprint density at radius 1 is 0.438 bits per heavy atom. The van der Waals surface area contributed by atoms with E-state index >= 15 is 0 Å². The standard InChI is InChI=1S/C31H22O/c1-21-17-25(22-11-5-2-6-12-22)19-28-29-20-26(23-13-7-3-8-14-23)18-27(31(29)32-30(21)28)24-15-9-4-10-16-24/h2-20H,1H3. The third-order valence-corrected chi connectivity index (χ3v) is 6.16. The summed E-state index contributed by atoms with van der Waals surface area (Å²) in [6.07, 6.45) is 0. The van der Waals surface area contributed by atoms with Crippen LogP contribution in [0.4, 0.5) is 0 Å². The topological polar surface area (TPSA) is 13.1 Å². The van der Waals surface area contributed by atoms with Crippen LogP contribution in [-0.2, 0) is 0 Å². The number of hydrogen-bond donors (Lipinski definition) is 0. The third-order valence-electron chi connectivity index (χ3n) is 6.16.